The second-order valence-electron chi connectivity index (χ2n) is 8.28. The lowest BCUT2D eigenvalue weighted by molar-refractivity contribution is -0.122. The van der Waals surface area contributed by atoms with Gasteiger partial charge in [0, 0.05) is 16.6 Å². The highest BCUT2D eigenvalue weighted by atomic mass is 16.5. The van der Waals surface area contributed by atoms with Crippen molar-refractivity contribution in [2.75, 3.05) is 6.61 Å². The topological polar surface area (TPSA) is 56.1 Å². The van der Waals surface area contributed by atoms with Gasteiger partial charge in [-0.05, 0) is 36.3 Å². The zero-order valence-electron chi connectivity index (χ0n) is 18.0. The van der Waals surface area contributed by atoms with Crippen molar-refractivity contribution in [3.63, 3.8) is 0 Å². The predicted octanol–water partition coefficient (Wildman–Crippen LogP) is 5.05. The van der Waals surface area contributed by atoms with Gasteiger partial charge in [0.15, 0.2) is 0 Å². The second kappa shape index (κ2) is 9.27. The minimum Gasteiger partial charge on any atom is -0.492 e. The third-order valence-corrected chi connectivity index (χ3v) is 6.11. The minimum atomic E-state index is 0.0129. The van der Waals surface area contributed by atoms with Gasteiger partial charge in [-0.1, -0.05) is 66.7 Å². The molecule has 1 heterocycles. The van der Waals surface area contributed by atoms with Gasteiger partial charge in [-0.25, -0.2) is 0 Å². The van der Waals surface area contributed by atoms with Gasteiger partial charge in [0.25, 0.3) is 0 Å². The van der Waals surface area contributed by atoms with Crippen molar-refractivity contribution in [2.24, 2.45) is 0 Å². The molecule has 3 aromatic carbocycles. The van der Waals surface area contributed by atoms with E-state index in [0.29, 0.717) is 13.0 Å². The molecule has 0 radical (unpaired) electrons. The normalized spacial score (nSPS) is 15.3. The Morgan fingerprint density at radius 2 is 1.84 bits per heavy atom. The first kappa shape index (κ1) is 20.3. The van der Waals surface area contributed by atoms with Gasteiger partial charge in [0.2, 0.25) is 5.91 Å². The summed E-state index contributed by atoms with van der Waals surface area (Å²) in [6.45, 7) is 1.11. The summed E-state index contributed by atoms with van der Waals surface area (Å²) in [4.78, 5) is 12.7. The lowest BCUT2D eigenvalue weighted by Gasteiger charge is -2.24. The van der Waals surface area contributed by atoms with Crippen molar-refractivity contribution in [3.8, 4) is 5.75 Å². The van der Waals surface area contributed by atoms with Gasteiger partial charge in [0.1, 0.15) is 5.75 Å². The third kappa shape index (κ3) is 4.37. The highest BCUT2D eigenvalue weighted by Crippen LogP contribution is 2.30. The number of carbonyl (C=O) groups is 1. The van der Waals surface area contributed by atoms with Crippen molar-refractivity contribution >= 4 is 16.7 Å². The van der Waals surface area contributed by atoms with Crippen LogP contribution in [0.2, 0.25) is 0 Å². The van der Waals surface area contributed by atoms with Crippen molar-refractivity contribution < 1.29 is 9.53 Å². The van der Waals surface area contributed by atoms with Crippen LogP contribution < -0.4 is 10.1 Å². The van der Waals surface area contributed by atoms with Crippen LogP contribution in [-0.2, 0) is 17.8 Å². The number of rotatable bonds is 7. The van der Waals surface area contributed by atoms with Crippen molar-refractivity contribution in [1.29, 1.82) is 0 Å². The quantitative estimate of drug-likeness (QED) is 0.451. The Hall–Kier alpha value is -3.60. The summed E-state index contributed by atoms with van der Waals surface area (Å²) < 4.78 is 8.02. The summed E-state index contributed by atoms with van der Waals surface area (Å²) in [6.07, 6.45) is 5.24. The third-order valence-electron chi connectivity index (χ3n) is 6.11. The SMILES string of the molecule is O=C(CCOc1cccc2ccccc12)N[C@H]1CCCc2c1cnn2Cc1ccccc1. The van der Waals surface area contributed by atoms with Gasteiger partial charge in [-0.2, -0.15) is 5.10 Å². The Morgan fingerprint density at radius 1 is 1.03 bits per heavy atom. The first-order valence-corrected chi connectivity index (χ1v) is 11.3. The number of nitrogens with zero attached hydrogens (tertiary/aromatic N) is 2. The molecule has 1 aromatic heterocycles. The first-order chi connectivity index (χ1) is 15.8. The molecular weight excluding hydrogens is 398 g/mol. The van der Waals surface area contributed by atoms with E-state index in [1.54, 1.807) is 0 Å². The number of hydrogen-bond donors (Lipinski definition) is 1. The summed E-state index contributed by atoms with van der Waals surface area (Å²) in [6, 6.07) is 24.5. The molecule has 1 atom stereocenters. The standard InChI is InChI=1S/C27H27N3O2/c31-27(16-17-32-26-15-6-11-21-10-4-5-12-22(21)26)29-24-13-7-14-25-23(24)18-28-30(25)19-20-8-2-1-3-9-20/h1-6,8-12,15,18,24H,7,13-14,16-17,19H2,(H,29,31)/t24-/m0/s1. The molecule has 4 aromatic rings. The van der Waals surface area contributed by atoms with E-state index in [-0.39, 0.29) is 11.9 Å². The van der Waals surface area contributed by atoms with Gasteiger partial charge >= 0.3 is 0 Å². The lowest BCUT2D eigenvalue weighted by atomic mass is 9.92. The molecule has 1 amide bonds. The van der Waals surface area contributed by atoms with E-state index in [1.165, 1.54) is 11.3 Å². The van der Waals surface area contributed by atoms with Crippen LogP contribution in [0.3, 0.4) is 0 Å². The first-order valence-electron chi connectivity index (χ1n) is 11.3. The zero-order valence-corrected chi connectivity index (χ0v) is 18.0. The molecule has 5 nitrogen and oxygen atoms in total. The number of amides is 1. The van der Waals surface area contributed by atoms with E-state index < -0.39 is 0 Å². The molecule has 1 N–H and O–H groups in total. The van der Waals surface area contributed by atoms with E-state index in [9.17, 15) is 4.79 Å². The molecule has 5 rings (SSSR count). The molecular formula is C27H27N3O2. The number of benzene rings is 3. The number of ether oxygens (including phenoxy) is 1. The number of hydrogen-bond acceptors (Lipinski definition) is 3. The van der Waals surface area contributed by atoms with Crippen LogP contribution in [0.4, 0.5) is 0 Å². The zero-order chi connectivity index (χ0) is 21.8. The average Bonchev–Trinajstić information content (AvgIpc) is 3.24. The number of aromatic nitrogens is 2. The smallest absolute Gasteiger partial charge is 0.223 e. The Balaban J connectivity index is 1.19. The van der Waals surface area contributed by atoms with Crippen LogP contribution in [0.5, 0.6) is 5.75 Å². The molecule has 1 aliphatic carbocycles. The Kier molecular flexibility index (Phi) is 5.88. The van der Waals surface area contributed by atoms with E-state index in [2.05, 4.69) is 51.5 Å². The summed E-state index contributed by atoms with van der Waals surface area (Å²) in [7, 11) is 0. The molecule has 162 valence electrons. The average molecular weight is 426 g/mol. The lowest BCUT2D eigenvalue weighted by Crippen LogP contribution is -2.31. The molecule has 0 aliphatic heterocycles. The maximum absolute atomic E-state index is 12.7. The van der Waals surface area contributed by atoms with Gasteiger partial charge in [-0.3, -0.25) is 9.48 Å². The molecule has 5 heteroatoms. The molecule has 0 bridgehead atoms. The van der Waals surface area contributed by atoms with Crippen molar-refractivity contribution in [2.45, 2.75) is 38.3 Å². The van der Waals surface area contributed by atoms with Crippen LogP contribution >= 0.6 is 0 Å². The van der Waals surface area contributed by atoms with Crippen molar-refractivity contribution in [1.82, 2.24) is 15.1 Å². The number of carbonyl (C=O) groups excluding carboxylic acids is 1. The fraction of sp³-hybridized carbons (Fsp3) is 0.259. The highest BCUT2D eigenvalue weighted by Gasteiger charge is 2.25. The second-order valence-corrected chi connectivity index (χ2v) is 8.28. The monoisotopic (exact) mass is 425 g/mol. The van der Waals surface area contributed by atoms with Crippen molar-refractivity contribution in [3.05, 3.63) is 95.8 Å². The van der Waals surface area contributed by atoms with Crippen LogP contribution in [0.25, 0.3) is 10.8 Å². The minimum absolute atomic E-state index is 0.0129. The van der Waals surface area contributed by atoms with Gasteiger partial charge in [-0.15, -0.1) is 0 Å². The Bertz CT molecular complexity index is 1210. The molecule has 0 fully saturated rings. The number of fused-ring (bicyclic) bond motifs is 2. The van der Waals surface area contributed by atoms with Crippen LogP contribution in [0.15, 0.2) is 79.0 Å². The number of nitrogens with one attached hydrogen (secondary N) is 1. The molecule has 32 heavy (non-hydrogen) atoms. The summed E-state index contributed by atoms with van der Waals surface area (Å²) >= 11 is 0. The largest absolute Gasteiger partial charge is 0.492 e. The Morgan fingerprint density at radius 3 is 2.75 bits per heavy atom. The summed E-state index contributed by atoms with van der Waals surface area (Å²) in [5.41, 5.74) is 3.61. The maximum Gasteiger partial charge on any atom is 0.223 e. The van der Waals surface area contributed by atoms with Crippen LogP contribution in [-0.4, -0.2) is 22.3 Å². The van der Waals surface area contributed by atoms with E-state index >= 15 is 0 Å². The predicted molar refractivity (Wildman–Crippen MR) is 126 cm³/mol. The molecule has 0 saturated heterocycles. The molecule has 0 spiro atoms. The maximum atomic E-state index is 12.7. The van der Waals surface area contributed by atoms with E-state index in [0.717, 1.165) is 47.9 Å². The fourth-order valence-electron chi connectivity index (χ4n) is 4.50. The van der Waals surface area contributed by atoms with Crippen LogP contribution in [0.1, 0.15) is 42.1 Å². The van der Waals surface area contributed by atoms with Gasteiger partial charge < -0.3 is 10.1 Å². The fourth-order valence-corrected chi connectivity index (χ4v) is 4.50. The summed E-state index contributed by atoms with van der Waals surface area (Å²) in [5, 5.41) is 10.0. The highest BCUT2D eigenvalue weighted by molar-refractivity contribution is 5.88. The Labute approximate surface area is 188 Å². The molecule has 0 unspecified atom stereocenters. The van der Waals surface area contributed by atoms with Gasteiger partial charge in [0.05, 0.1) is 31.8 Å². The van der Waals surface area contributed by atoms with E-state index in [4.69, 9.17) is 4.74 Å². The molecule has 0 saturated carbocycles. The summed E-state index contributed by atoms with van der Waals surface area (Å²) in [5.74, 6) is 0.830. The van der Waals surface area contributed by atoms with Crippen LogP contribution in [0, 0.1) is 0 Å². The molecule has 1 aliphatic rings. The van der Waals surface area contributed by atoms with E-state index in [1.807, 2.05) is 42.6 Å².